The van der Waals surface area contributed by atoms with Gasteiger partial charge in [-0.15, -0.1) is 0 Å². The molecule has 4 rings (SSSR count). The third-order valence-corrected chi connectivity index (χ3v) is 5.25. The van der Waals surface area contributed by atoms with E-state index in [1.165, 1.54) is 12.1 Å². The number of benzene rings is 2. The fourth-order valence-electron chi connectivity index (χ4n) is 3.73. The molecule has 0 radical (unpaired) electrons. The summed E-state index contributed by atoms with van der Waals surface area (Å²) >= 11 is 6.04. The molecule has 0 fully saturated rings. The normalized spacial score (nSPS) is 15.3. The zero-order chi connectivity index (χ0) is 19.1. The first-order valence-corrected chi connectivity index (χ1v) is 9.03. The Morgan fingerprint density at radius 1 is 1.15 bits per heavy atom. The lowest BCUT2D eigenvalue weighted by Crippen LogP contribution is -2.39. The molecule has 2 aromatic rings. The zero-order valence-corrected chi connectivity index (χ0v) is 15.1. The molecule has 27 heavy (non-hydrogen) atoms. The summed E-state index contributed by atoms with van der Waals surface area (Å²) in [6.07, 6.45) is 2.87. The van der Waals surface area contributed by atoms with Crippen LogP contribution in [0.1, 0.15) is 34.3 Å². The Hall–Kier alpha value is -2.93. The Labute approximate surface area is 160 Å². The Kier molecular flexibility index (Phi) is 4.31. The monoisotopic (exact) mass is 385 g/mol. The van der Waals surface area contributed by atoms with E-state index < -0.39 is 10.8 Å². The fraction of sp³-hybridized carbons (Fsp3) is 0.263. The van der Waals surface area contributed by atoms with Gasteiger partial charge in [0.1, 0.15) is 0 Å². The van der Waals surface area contributed by atoms with Crippen LogP contribution >= 0.6 is 11.6 Å². The van der Waals surface area contributed by atoms with Crippen LogP contribution in [0, 0.1) is 10.1 Å². The lowest BCUT2D eigenvalue weighted by Gasteiger charge is -2.35. The van der Waals surface area contributed by atoms with E-state index in [1.54, 1.807) is 0 Å². The summed E-state index contributed by atoms with van der Waals surface area (Å²) in [5.41, 5.74) is 3.74. The van der Waals surface area contributed by atoms with Crippen molar-refractivity contribution >= 4 is 40.5 Å². The lowest BCUT2D eigenvalue weighted by atomic mass is 9.91. The minimum absolute atomic E-state index is 0.0257. The van der Waals surface area contributed by atoms with Gasteiger partial charge in [-0.2, -0.15) is 0 Å². The van der Waals surface area contributed by atoms with Crippen molar-refractivity contribution in [2.24, 2.45) is 0 Å². The van der Waals surface area contributed by atoms with Gasteiger partial charge in [0.15, 0.2) is 0 Å². The molecule has 2 heterocycles. The number of rotatable bonds is 3. The summed E-state index contributed by atoms with van der Waals surface area (Å²) in [7, 11) is 0. The van der Waals surface area contributed by atoms with Crippen LogP contribution in [0.5, 0.6) is 0 Å². The first-order chi connectivity index (χ1) is 12.9. The highest BCUT2D eigenvalue weighted by Crippen LogP contribution is 2.38. The van der Waals surface area contributed by atoms with Crippen LogP contribution in [0.3, 0.4) is 0 Å². The van der Waals surface area contributed by atoms with Gasteiger partial charge in [0.2, 0.25) is 5.91 Å². The van der Waals surface area contributed by atoms with Crippen molar-refractivity contribution in [1.29, 1.82) is 0 Å². The van der Waals surface area contributed by atoms with E-state index in [2.05, 4.69) is 5.32 Å². The van der Waals surface area contributed by atoms with Crippen LogP contribution in [0.25, 0.3) is 0 Å². The largest absolute Gasteiger partial charge is 0.322 e. The maximum atomic E-state index is 12.6. The number of amides is 2. The van der Waals surface area contributed by atoms with E-state index in [9.17, 15) is 19.7 Å². The van der Waals surface area contributed by atoms with Gasteiger partial charge in [-0.05, 0) is 48.6 Å². The smallest absolute Gasteiger partial charge is 0.270 e. The number of aryl methyl sites for hydroxylation is 2. The average molecular weight is 386 g/mol. The summed E-state index contributed by atoms with van der Waals surface area (Å²) in [6, 6.07) is 7.54. The predicted octanol–water partition coefficient (Wildman–Crippen LogP) is 3.73. The molecule has 7 nitrogen and oxygen atoms in total. The lowest BCUT2D eigenvalue weighted by molar-refractivity contribution is -0.384. The van der Waals surface area contributed by atoms with Crippen molar-refractivity contribution in [3.63, 3.8) is 0 Å². The highest BCUT2D eigenvalue weighted by molar-refractivity contribution is 6.34. The Bertz CT molecular complexity index is 972. The van der Waals surface area contributed by atoms with Crippen LogP contribution < -0.4 is 10.2 Å². The molecule has 2 aromatic carbocycles. The van der Waals surface area contributed by atoms with Gasteiger partial charge in [-0.25, -0.2) is 0 Å². The molecular weight excluding hydrogens is 370 g/mol. The van der Waals surface area contributed by atoms with Gasteiger partial charge in [0.05, 0.1) is 21.2 Å². The summed E-state index contributed by atoms with van der Waals surface area (Å²) in [5.74, 6) is -0.278. The number of nitrogens with zero attached hydrogens (tertiary/aromatic N) is 2. The Morgan fingerprint density at radius 2 is 1.89 bits per heavy atom. The van der Waals surface area contributed by atoms with Crippen LogP contribution in [-0.2, 0) is 17.6 Å². The average Bonchev–Trinajstić information content (AvgIpc) is 2.64. The fourth-order valence-corrected chi connectivity index (χ4v) is 3.99. The highest BCUT2D eigenvalue weighted by atomic mass is 35.5. The molecule has 0 saturated carbocycles. The summed E-state index contributed by atoms with van der Waals surface area (Å²) in [5, 5.41) is 13.7. The van der Waals surface area contributed by atoms with Gasteiger partial charge in [0, 0.05) is 30.8 Å². The second-order valence-electron chi connectivity index (χ2n) is 6.67. The van der Waals surface area contributed by atoms with Gasteiger partial charge in [-0.3, -0.25) is 19.7 Å². The molecule has 0 bridgehead atoms. The summed E-state index contributed by atoms with van der Waals surface area (Å²) in [6.45, 7) is 0.739. The Balaban J connectivity index is 1.63. The number of hydrogen-bond donors (Lipinski definition) is 1. The van der Waals surface area contributed by atoms with E-state index in [0.717, 1.165) is 42.3 Å². The molecule has 0 unspecified atom stereocenters. The highest BCUT2D eigenvalue weighted by Gasteiger charge is 2.29. The Morgan fingerprint density at radius 3 is 2.59 bits per heavy atom. The van der Waals surface area contributed by atoms with Gasteiger partial charge < -0.3 is 10.2 Å². The second-order valence-corrected chi connectivity index (χ2v) is 7.07. The zero-order valence-electron chi connectivity index (χ0n) is 14.3. The maximum absolute atomic E-state index is 12.6. The van der Waals surface area contributed by atoms with Crippen molar-refractivity contribution in [3.05, 3.63) is 62.2 Å². The molecule has 2 amide bonds. The number of carbonyl (C=O) groups is 2. The van der Waals surface area contributed by atoms with Crippen molar-refractivity contribution < 1.29 is 14.5 Å². The van der Waals surface area contributed by atoms with Crippen LogP contribution in [-0.4, -0.2) is 23.3 Å². The number of nitro groups is 1. The maximum Gasteiger partial charge on any atom is 0.270 e. The van der Waals surface area contributed by atoms with E-state index in [1.807, 2.05) is 17.0 Å². The van der Waals surface area contributed by atoms with Gasteiger partial charge in [0.25, 0.3) is 11.6 Å². The second kappa shape index (κ2) is 6.66. The van der Waals surface area contributed by atoms with E-state index in [4.69, 9.17) is 11.6 Å². The summed E-state index contributed by atoms with van der Waals surface area (Å²) in [4.78, 5) is 36.8. The van der Waals surface area contributed by atoms with Crippen molar-refractivity contribution in [3.8, 4) is 0 Å². The number of carbonyl (C=O) groups excluding carboxylic acids is 2. The van der Waals surface area contributed by atoms with Crippen molar-refractivity contribution in [2.45, 2.75) is 25.7 Å². The number of hydrogen-bond acceptors (Lipinski definition) is 4. The van der Waals surface area contributed by atoms with Crippen molar-refractivity contribution in [2.75, 3.05) is 16.8 Å². The van der Waals surface area contributed by atoms with Crippen LogP contribution in [0.4, 0.5) is 17.1 Å². The molecule has 0 atom stereocenters. The number of anilines is 2. The molecule has 2 aliphatic heterocycles. The molecule has 138 valence electrons. The standard InChI is InChI=1S/C19H16ClN3O4/c20-16-10-14(23(26)27)4-5-15(16)19(25)21-13-8-11-2-1-7-22-17(24)6-3-12(9-13)18(11)22/h4-5,8-10H,1-3,6-7H2,(H,21,25). The summed E-state index contributed by atoms with van der Waals surface area (Å²) < 4.78 is 0. The molecule has 0 aliphatic carbocycles. The number of non-ortho nitro benzene ring substituents is 1. The van der Waals surface area contributed by atoms with Crippen LogP contribution in [0.15, 0.2) is 30.3 Å². The number of halogens is 1. The first-order valence-electron chi connectivity index (χ1n) is 8.65. The topological polar surface area (TPSA) is 92.6 Å². The number of nitro benzene ring substituents is 1. The first kappa shape index (κ1) is 17.5. The minimum atomic E-state index is -0.561. The number of nitrogens with one attached hydrogen (secondary N) is 1. The van der Waals surface area contributed by atoms with Crippen molar-refractivity contribution in [1.82, 2.24) is 0 Å². The molecule has 0 aromatic heterocycles. The SMILES string of the molecule is O=C(Nc1cc2c3c(c1)CCC(=O)N3CCC2)c1ccc([N+](=O)[O-])cc1Cl. The molecular formula is C19H16ClN3O4. The quantitative estimate of drug-likeness (QED) is 0.643. The predicted molar refractivity (Wildman–Crippen MR) is 101 cm³/mol. The molecule has 1 N–H and O–H groups in total. The van der Waals surface area contributed by atoms with Gasteiger partial charge >= 0.3 is 0 Å². The third-order valence-electron chi connectivity index (χ3n) is 4.94. The third kappa shape index (κ3) is 3.14. The van der Waals surface area contributed by atoms with E-state index >= 15 is 0 Å². The minimum Gasteiger partial charge on any atom is -0.322 e. The molecule has 0 spiro atoms. The van der Waals surface area contributed by atoms with E-state index in [0.29, 0.717) is 18.5 Å². The molecule has 8 heteroatoms. The molecule has 2 aliphatic rings. The molecule has 0 saturated heterocycles. The van der Waals surface area contributed by atoms with E-state index in [-0.39, 0.29) is 22.2 Å². The van der Waals surface area contributed by atoms with Gasteiger partial charge in [-0.1, -0.05) is 11.6 Å². The van der Waals surface area contributed by atoms with Crippen LogP contribution in [0.2, 0.25) is 5.02 Å².